The minimum Gasteiger partial charge on any atom is -0.377 e. The van der Waals surface area contributed by atoms with Gasteiger partial charge in [-0.2, -0.15) is 0 Å². The van der Waals surface area contributed by atoms with Gasteiger partial charge in [-0.1, -0.05) is 41.9 Å². The summed E-state index contributed by atoms with van der Waals surface area (Å²) in [6.45, 7) is 6.31. The van der Waals surface area contributed by atoms with Crippen LogP contribution in [0.3, 0.4) is 0 Å². The summed E-state index contributed by atoms with van der Waals surface area (Å²) in [7, 11) is 3.94. The fraction of sp³-hybridized carbons (Fsp3) is 0.611. The van der Waals surface area contributed by atoms with Crippen LogP contribution in [0.5, 0.6) is 0 Å². The molecular formula is C18H27BrIN3O. The summed E-state index contributed by atoms with van der Waals surface area (Å²) < 4.78 is 6.99. The molecule has 0 bridgehead atoms. The third-order valence-corrected chi connectivity index (χ3v) is 5.82. The predicted molar refractivity (Wildman–Crippen MR) is 113 cm³/mol. The van der Waals surface area contributed by atoms with E-state index in [-0.39, 0.29) is 29.4 Å². The Morgan fingerprint density at radius 3 is 2.67 bits per heavy atom. The Bertz CT molecular complexity index is 590. The first-order valence-electron chi connectivity index (χ1n) is 8.24. The number of fused-ring (bicyclic) bond motifs is 1. The van der Waals surface area contributed by atoms with Crippen molar-refractivity contribution in [1.82, 2.24) is 10.2 Å². The van der Waals surface area contributed by atoms with Gasteiger partial charge in [-0.15, -0.1) is 24.0 Å². The van der Waals surface area contributed by atoms with Crippen LogP contribution < -0.4 is 5.32 Å². The van der Waals surface area contributed by atoms with Crippen LogP contribution in [0.1, 0.15) is 25.8 Å². The van der Waals surface area contributed by atoms with Crippen molar-refractivity contribution < 1.29 is 4.74 Å². The van der Waals surface area contributed by atoms with Crippen molar-refractivity contribution in [3.05, 3.63) is 34.3 Å². The zero-order valence-corrected chi connectivity index (χ0v) is 18.7. The maximum Gasteiger partial charge on any atom is 0.193 e. The van der Waals surface area contributed by atoms with E-state index in [9.17, 15) is 0 Å². The molecule has 1 saturated heterocycles. The average molecular weight is 508 g/mol. The second-order valence-electron chi connectivity index (χ2n) is 7.22. The highest BCUT2D eigenvalue weighted by molar-refractivity contribution is 14.0. The van der Waals surface area contributed by atoms with E-state index in [1.807, 2.05) is 7.05 Å². The summed E-state index contributed by atoms with van der Waals surface area (Å²) in [5.74, 6) is 1.57. The van der Waals surface area contributed by atoms with E-state index in [0.29, 0.717) is 18.1 Å². The SMILES string of the molecule is CN=C(NC1C2CCOC2C1(C)C)N(C)Cc1ccc(Br)cc1.I. The molecule has 3 unspecified atom stereocenters. The number of halogens is 2. The summed E-state index contributed by atoms with van der Waals surface area (Å²) in [5.41, 5.74) is 1.43. The monoisotopic (exact) mass is 507 g/mol. The van der Waals surface area contributed by atoms with Gasteiger partial charge in [0.05, 0.1) is 6.10 Å². The second kappa shape index (κ2) is 7.91. The summed E-state index contributed by atoms with van der Waals surface area (Å²) in [4.78, 5) is 6.67. The third kappa shape index (κ3) is 3.75. The van der Waals surface area contributed by atoms with E-state index in [2.05, 4.69) is 76.3 Å². The van der Waals surface area contributed by atoms with E-state index in [1.165, 1.54) is 5.56 Å². The molecule has 1 saturated carbocycles. The molecule has 2 aliphatic rings. The highest BCUT2D eigenvalue weighted by atomic mass is 127. The number of aliphatic imine (C=N–C) groups is 1. The molecule has 3 rings (SSSR count). The van der Waals surface area contributed by atoms with Crippen LogP contribution in [0.4, 0.5) is 0 Å². The molecule has 0 radical (unpaired) electrons. The number of hydrogen-bond donors (Lipinski definition) is 1. The highest BCUT2D eigenvalue weighted by Crippen LogP contribution is 2.52. The lowest BCUT2D eigenvalue weighted by atomic mass is 9.57. The summed E-state index contributed by atoms with van der Waals surface area (Å²) in [6, 6.07) is 8.87. The Hall–Kier alpha value is -0.340. The summed E-state index contributed by atoms with van der Waals surface area (Å²) in [6.07, 6.45) is 1.55. The van der Waals surface area contributed by atoms with Crippen LogP contribution in [0.25, 0.3) is 0 Å². The normalized spacial score (nSPS) is 27.7. The molecule has 1 aromatic rings. The first kappa shape index (κ1) is 20.0. The van der Waals surface area contributed by atoms with Crippen LogP contribution in [-0.2, 0) is 11.3 Å². The van der Waals surface area contributed by atoms with Gasteiger partial charge in [0, 0.05) is 49.1 Å². The Labute approximate surface area is 170 Å². The second-order valence-corrected chi connectivity index (χ2v) is 8.13. The first-order chi connectivity index (χ1) is 10.9. The van der Waals surface area contributed by atoms with E-state index in [1.54, 1.807) is 0 Å². The van der Waals surface area contributed by atoms with E-state index in [4.69, 9.17) is 4.74 Å². The van der Waals surface area contributed by atoms with Gasteiger partial charge in [-0.25, -0.2) is 0 Å². The molecule has 1 heterocycles. The number of benzene rings is 1. The van der Waals surface area contributed by atoms with Gasteiger partial charge in [0.1, 0.15) is 0 Å². The van der Waals surface area contributed by atoms with Crippen molar-refractivity contribution in [3.8, 4) is 0 Å². The molecule has 1 aliphatic carbocycles. The zero-order chi connectivity index (χ0) is 16.6. The molecule has 134 valence electrons. The van der Waals surface area contributed by atoms with Crippen LogP contribution in [0.15, 0.2) is 33.7 Å². The fourth-order valence-electron chi connectivity index (χ4n) is 4.04. The van der Waals surface area contributed by atoms with Gasteiger partial charge in [-0.05, 0) is 24.1 Å². The lowest BCUT2D eigenvalue weighted by Gasteiger charge is -2.55. The fourth-order valence-corrected chi connectivity index (χ4v) is 4.30. The maximum atomic E-state index is 5.88. The van der Waals surface area contributed by atoms with E-state index >= 15 is 0 Å². The minimum atomic E-state index is 0. The molecule has 0 spiro atoms. The molecule has 0 amide bonds. The van der Waals surface area contributed by atoms with Gasteiger partial charge in [0.2, 0.25) is 0 Å². The zero-order valence-electron chi connectivity index (χ0n) is 14.8. The summed E-state index contributed by atoms with van der Waals surface area (Å²) >= 11 is 3.48. The molecular weight excluding hydrogens is 481 g/mol. The topological polar surface area (TPSA) is 36.9 Å². The number of hydrogen-bond acceptors (Lipinski definition) is 2. The molecule has 24 heavy (non-hydrogen) atoms. The van der Waals surface area contributed by atoms with Crippen LogP contribution in [0.2, 0.25) is 0 Å². The first-order valence-corrected chi connectivity index (χ1v) is 9.03. The van der Waals surface area contributed by atoms with Gasteiger partial charge in [0.25, 0.3) is 0 Å². The maximum absolute atomic E-state index is 5.88. The van der Waals surface area contributed by atoms with Crippen molar-refractivity contribution in [2.75, 3.05) is 20.7 Å². The molecule has 3 atom stereocenters. The van der Waals surface area contributed by atoms with Crippen molar-refractivity contribution in [2.24, 2.45) is 16.3 Å². The largest absolute Gasteiger partial charge is 0.377 e. The van der Waals surface area contributed by atoms with Crippen molar-refractivity contribution >= 4 is 45.9 Å². The van der Waals surface area contributed by atoms with Gasteiger partial charge in [-0.3, -0.25) is 4.99 Å². The van der Waals surface area contributed by atoms with Crippen LogP contribution in [-0.4, -0.2) is 43.7 Å². The standard InChI is InChI=1S/C18H26BrN3O.HI/c1-18(2)15(14-9-10-23-16(14)18)21-17(20-3)22(4)11-12-5-7-13(19)8-6-12;/h5-8,14-16H,9-11H2,1-4H3,(H,20,21);1H. The van der Waals surface area contributed by atoms with E-state index < -0.39 is 0 Å². The molecule has 0 aromatic heterocycles. The Balaban J connectivity index is 0.00000208. The third-order valence-electron chi connectivity index (χ3n) is 5.29. The van der Waals surface area contributed by atoms with E-state index in [0.717, 1.165) is 30.0 Å². The molecule has 4 nitrogen and oxygen atoms in total. The Kier molecular flexibility index (Phi) is 6.58. The van der Waals surface area contributed by atoms with Crippen LogP contribution >= 0.6 is 39.9 Å². The van der Waals surface area contributed by atoms with Crippen molar-refractivity contribution in [1.29, 1.82) is 0 Å². The van der Waals surface area contributed by atoms with Crippen molar-refractivity contribution in [3.63, 3.8) is 0 Å². The van der Waals surface area contributed by atoms with Gasteiger partial charge in [0.15, 0.2) is 5.96 Å². The highest BCUT2D eigenvalue weighted by Gasteiger charge is 2.59. The number of nitrogens with zero attached hydrogens (tertiary/aromatic N) is 2. The summed E-state index contributed by atoms with van der Waals surface area (Å²) in [5, 5.41) is 3.68. The lowest BCUT2D eigenvalue weighted by Crippen LogP contribution is -2.67. The van der Waals surface area contributed by atoms with Crippen LogP contribution in [0, 0.1) is 11.3 Å². The van der Waals surface area contributed by atoms with Gasteiger partial charge >= 0.3 is 0 Å². The predicted octanol–water partition coefficient (Wildman–Crippen LogP) is 3.89. The molecule has 1 N–H and O–H groups in total. The molecule has 1 aromatic carbocycles. The number of guanidine groups is 1. The number of rotatable bonds is 3. The lowest BCUT2D eigenvalue weighted by molar-refractivity contribution is -0.107. The smallest absolute Gasteiger partial charge is 0.193 e. The van der Waals surface area contributed by atoms with Gasteiger partial charge < -0.3 is 15.0 Å². The number of nitrogens with one attached hydrogen (secondary N) is 1. The molecule has 1 aliphatic heterocycles. The van der Waals surface area contributed by atoms with Crippen molar-refractivity contribution in [2.45, 2.75) is 39.0 Å². The average Bonchev–Trinajstić information content (AvgIpc) is 2.97. The molecule has 2 fully saturated rings. The minimum absolute atomic E-state index is 0. The Morgan fingerprint density at radius 2 is 2.04 bits per heavy atom. The molecule has 6 heteroatoms. The quantitative estimate of drug-likeness (QED) is 0.383. The Morgan fingerprint density at radius 1 is 1.38 bits per heavy atom. The number of ether oxygens (including phenoxy) is 1.